The Balaban J connectivity index is 2.20. The molecule has 0 spiro atoms. The first kappa shape index (κ1) is 9.01. The van der Waals surface area contributed by atoms with Crippen molar-refractivity contribution < 1.29 is 0 Å². The predicted molar refractivity (Wildman–Crippen MR) is 48.8 cm³/mol. The quantitative estimate of drug-likeness (QED) is 0.626. The van der Waals surface area contributed by atoms with Crippen molar-refractivity contribution >= 4 is 0 Å². The van der Waals surface area contributed by atoms with E-state index >= 15 is 0 Å². The minimum atomic E-state index is 0.637. The Kier molecular flexibility index (Phi) is 3.87. The molecule has 1 atom stereocenters. The molecule has 0 saturated carbocycles. The van der Waals surface area contributed by atoms with Crippen LogP contribution in [-0.2, 0) is 0 Å². The van der Waals surface area contributed by atoms with Gasteiger partial charge < -0.3 is 10.6 Å². The molecule has 0 aliphatic carbocycles. The minimum absolute atomic E-state index is 0.637. The van der Waals surface area contributed by atoms with Crippen molar-refractivity contribution in [1.29, 1.82) is 0 Å². The normalized spacial score (nSPS) is 27.0. The van der Waals surface area contributed by atoms with E-state index in [9.17, 15) is 0 Å². The van der Waals surface area contributed by atoms with Crippen LogP contribution in [0.1, 0.15) is 33.1 Å². The van der Waals surface area contributed by atoms with Crippen LogP contribution >= 0.6 is 0 Å². The molecule has 1 heterocycles. The summed E-state index contributed by atoms with van der Waals surface area (Å²) in [4.78, 5) is 0. The van der Waals surface area contributed by atoms with Gasteiger partial charge in [0.15, 0.2) is 0 Å². The number of hydrogen-bond donors (Lipinski definition) is 2. The average molecular weight is 156 g/mol. The second-order valence-corrected chi connectivity index (χ2v) is 3.70. The monoisotopic (exact) mass is 156 g/mol. The number of hydrogen-bond acceptors (Lipinski definition) is 2. The lowest BCUT2D eigenvalue weighted by molar-refractivity contribution is 0.429. The largest absolute Gasteiger partial charge is 0.317 e. The van der Waals surface area contributed by atoms with E-state index in [1.807, 2.05) is 0 Å². The Bertz CT molecular complexity index is 93.7. The van der Waals surface area contributed by atoms with Crippen LogP contribution in [0.2, 0.25) is 0 Å². The molecule has 2 nitrogen and oxygen atoms in total. The van der Waals surface area contributed by atoms with E-state index in [0.29, 0.717) is 6.04 Å². The molecule has 0 radical (unpaired) electrons. The van der Waals surface area contributed by atoms with Gasteiger partial charge in [-0.15, -0.1) is 0 Å². The van der Waals surface area contributed by atoms with Crippen molar-refractivity contribution in [2.24, 2.45) is 0 Å². The summed E-state index contributed by atoms with van der Waals surface area (Å²) in [5.41, 5.74) is 0. The number of rotatable bonds is 2. The Hall–Kier alpha value is -0.0800. The van der Waals surface area contributed by atoms with Gasteiger partial charge in [0, 0.05) is 12.1 Å². The molecule has 1 aliphatic rings. The van der Waals surface area contributed by atoms with Gasteiger partial charge in [0.05, 0.1) is 0 Å². The van der Waals surface area contributed by atoms with Crippen molar-refractivity contribution in [1.82, 2.24) is 10.6 Å². The van der Waals surface area contributed by atoms with Crippen LogP contribution in [0.15, 0.2) is 0 Å². The van der Waals surface area contributed by atoms with Gasteiger partial charge in [0.25, 0.3) is 0 Å². The van der Waals surface area contributed by atoms with Gasteiger partial charge in [0.2, 0.25) is 0 Å². The first-order valence-corrected chi connectivity index (χ1v) is 4.76. The summed E-state index contributed by atoms with van der Waals surface area (Å²) in [7, 11) is 0. The van der Waals surface area contributed by atoms with Crippen LogP contribution in [-0.4, -0.2) is 25.2 Å². The zero-order valence-electron chi connectivity index (χ0n) is 7.69. The average Bonchev–Trinajstić information content (AvgIpc) is 2.14. The Labute approximate surface area is 69.8 Å². The molecule has 0 aromatic carbocycles. The lowest BCUT2D eigenvalue weighted by Crippen LogP contribution is -2.35. The Morgan fingerprint density at radius 1 is 1.27 bits per heavy atom. The van der Waals surface area contributed by atoms with Gasteiger partial charge in [-0.2, -0.15) is 0 Å². The van der Waals surface area contributed by atoms with Gasteiger partial charge in [0.1, 0.15) is 0 Å². The third kappa shape index (κ3) is 3.73. The molecule has 0 aromatic rings. The van der Waals surface area contributed by atoms with Gasteiger partial charge >= 0.3 is 0 Å². The fraction of sp³-hybridized carbons (Fsp3) is 1.00. The zero-order valence-corrected chi connectivity index (χ0v) is 7.69. The summed E-state index contributed by atoms with van der Waals surface area (Å²) in [6, 6.07) is 1.39. The molecule has 1 unspecified atom stereocenters. The molecule has 11 heavy (non-hydrogen) atoms. The van der Waals surface area contributed by atoms with Gasteiger partial charge in [-0.05, 0) is 32.4 Å². The van der Waals surface area contributed by atoms with Crippen molar-refractivity contribution in [3.8, 4) is 0 Å². The van der Waals surface area contributed by atoms with Crippen molar-refractivity contribution in [3.63, 3.8) is 0 Å². The summed E-state index contributed by atoms with van der Waals surface area (Å²) in [6.45, 7) is 6.83. The molecule has 1 rings (SSSR count). The molecule has 2 heteroatoms. The topological polar surface area (TPSA) is 24.1 Å². The minimum Gasteiger partial charge on any atom is -0.317 e. The van der Waals surface area contributed by atoms with Crippen LogP contribution < -0.4 is 10.6 Å². The van der Waals surface area contributed by atoms with E-state index in [1.165, 1.54) is 32.4 Å². The van der Waals surface area contributed by atoms with E-state index in [-0.39, 0.29) is 0 Å². The number of nitrogens with one attached hydrogen (secondary N) is 2. The first-order valence-electron chi connectivity index (χ1n) is 4.76. The zero-order chi connectivity index (χ0) is 8.10. The second-order valence-electron chi connectivity index (χ2n) is 3.70. The maximum Gasteiger partial charge on any atom is 0.00819 e. The van der Waals surface area contributed by atoms with Crippen LogP contribution in [0.4, 0.5) is 0 Å². The molecule has 1 saturated heterocycles. The standard InChI is InChI=1S/C9H20N2/c1-8(2)11-9-4-3-6-10-7-5-9/h8-11H,3-7H2,1-2H3. The summed E-state index contributed by atoms with van der Waals surface area (Å²) < 4.78 is 0. The van der Waals surface area contributed by atoms with Gasteiger partial charge in [-0.3, -0.25) is 0 Å². The van der Waals surface area contributed by atoms with Crippen LogP contribution in [0, 0.1) is 0 Å². The molecule has 2 N–H and O–H groups in total. The van der Waals surface area contributed by atoms with Gasteiger partial charge in [-0.25, -0.2) is 0 Å². The van der Waals surface area contributed by atoms with Crippen LogP contribution in [0.25, 0.3) is 0 Å². The highest BCUT2D eigenvalue weighted by atomic mass is 15.0. The van der Waals surface area contributed by atoms with Gasteiger partial charge in [-0.1, -0.05) is 13.8 Å². The SMILES string of the molecule is CC(C)NC1CCCNCC1. The van der Waals surface area contributed by atoms with E-state index < -0.39 is 0 Å². The Morgan fingerprint density at radius 3 is 2.82 bits per heavy atom. The highest BCUT2D eigenvalue weighted by Gasteiger charge is 2.11. The Morgan fingerprint density at radius 2 is 2.09 bits per heavy atom. The third-order valence-electron chi connectivity index (χ3n) is 2.14. The summed E-state index contributed by atoms with van der Waals surface area (Å²) >= 11 is 0. The van der Waals surface area contributed by atoms with Crippen molar-refractivity contribution in [2.45, 2.75) is 45.2 Å². The van der Waals surface area contributed by atoms with E-state index in [1.54, 1.807) is 0 Å². The maximum absolute atomic E-state index is 3.58. The summed E-state index contributed by atoms with van der Waals surface area (Å²) in [5.74, 6) is 0. The lowest BCUT2D eigenvalue weighted by Gasteiger charge is -2.18. The molecule has 0 aromatic heterocycles. The fourth-order valence-corrected chi connectivity index (χ4v) is 1.66. The van der Waals surface area contributed by atoms with Crippen LogP contribution in [0.5, 0.6) is 0 Å². The summed E-state index contributed by atoms with van der Waals surface area (Å²) in [6.07, 6.45) is 3.95. The molecular formula is C9H20N2. The lowest BCUT2D eigenvalue weighted by atomic mass is 10.1. The molecular weight excluding hydrogens is 136 g/mol. The highest BCUT2D eigenvalue weighted by molar-refractivity contribution is 4.73. The van der Waals surface area contributed by atoms with Crippen molar-refractivity contribution in [3.05, 3.63) is 0 Å². The van der Waals surface area contributed by atoms with Crippen molar-refractivity contribution in [2.75, 3.05) is 13.1 Å². The molecule has 0 amide bonds. The van der Waals surface area contributed by atoms with E-state index in [4.69, 9.17) is 0 Å². The molecule has 1 aliphatic heterocycles. The van der Waals surface area contributed by atoms with E-state index in [0.717, 1.165) is 6.04 Å². The predicted octanol–water partition coefficient (Wildman–Crippen LogP) is 1.13. The summed E-state index contributed by atoms with van der Waals surface area (Å²) in [5, 5.41) is 6.99. The molecule has 1 fully saturated rings. The maximum atomic E-state index is 3.58. The third-order valence-corrected chi connectivity index (χ3v) is 2.14. The fourth-order valence-electron chi connectivity index (χ4n) is 1.66. The highest BCUT2D eigenvalue weighted by Crippen LogP contribution is 2.05. The second kappa shape index (κ2) is 4.73. The van der Waals surface area contributed by atoms with E-state index in [2.05, 4.69) is 24.5 Å². The molecule has 0 bridgehead atoms. The smallest absolute Gasteiger partial charge is 0.00819 e. The first-order chi connectivity index (χ1) is 5.29. The molecule has 66 valence electrons. The van der Waals surface area contributed by atoms with Crippen LogP contribution in [0.3, 0.4) is 0 Å².